The fourth-order valence-electron chi connectivity index (χ4n) is 2.62. The molecule has 0 spiro atoms. The number of rotatable bonds is 3. The largest absolute Gasteiger partial charge is 0.375 e. The second-order valence-electron chi connectivity index (χ2n) is 4.77. The Morgan fingerprint density at radius 2 is 1.79 bits per heavy atom. The van der Waals surface area contributed by atoms with Crippen LogP contribution in [0.4, 0.5) is 0 Å². The summed E-state index contributed by atoms with van der Waals surface area (Å²) in [5.74, 6) is 0.659. The lowest BCUT2D eigenvalue weighted by Gasteiger charge is -2.36. The lowest BCUT2D eigenvalue weighted by atomic mass is 9.93. The summed E-state index contributed by atoms with van der Waals surface area (Å²) in [4.78, 5) is 2.52. The lowest BCUT2D eigenvalue weighted by Crippen LogP contribution is -2.34. The zero-order valence-electron chi connectivity index (χ0n) is 10.2. The standard InChI is InChI=1S/C13H25N/c1-5-13(11(2)3)14(4)12-9-7-6-8-10-12/h5,11-12H,6-10H2,1-4H3/b13-5-. The van der Waals surface area contributed by atoms with Gasteiger partial charge in [-0.25, -0.2) is 0 Å². The van der Waals surface area contributed by atoms with Gasteiger partial charge in [0.15, 0.2) is 0 Å². The second-order valence-corrected chi connectivity index (χ2v) is 4.77. The van der Waals surface area contributed by atoms with Crippen LogP contribution >= 0.6 is 0 Å². The van der Waals surface area contributed by atoms with Gasteiger partial charge in [-0.05, 0) is 25.7 Å². The van der Waals surface area contributed by atoms with Crippen molar-refractivity contribution < 1.29 is 0 Å². The van der Waals surface area contributed by atoms with E-state index in [9.17, 15) is 0 Å². The summed E-state index contributed by atoms with van der Waals surface area (Å²) in [5, 5.41) is 0. The van der Waals surface area contributed by atoms with Crippen molar-refractivity contribution in [1.82, 2.24) is 4.90 Å². The summed E-state index contributed by atoms with van der Waals surface area (Å²) < 4.78 is 0. The minimum Gasteiger partial charge on any atom is -0.375 e. The Labute approximate surface area is 89.2 Å². The molecule has 0 amide bonds. The molecular formula is C13H25N. The maximum Gasteiger partial charge on any atom is 0.0283 e. The molecule has 0 unspecified atom stereocenters. The monoisotopic (exact) mass is 195 g/mol. The fourth-order valence-corrected chi connectivity index (χ4v) is 2.62. The first kappa shape index (κ1) is 11.6. The molecule has 0 bridgehead atoms. The molecule has 1 rings (SSSR count). The van der Waals surface area contributed by atoms with Gasteiger partial charge in [-0.3, -0.25) is 0 Å². The number of hydrogen-bond acceptors (Lipinski definition) is 1. The van der Waals surface area contributed by atoms with Crippen LogP contribution in [0.1, 0.15) is 52.9 Å². The van der Waals surface area contributed by atoms with E-state index in [2.05, 4.69) is 38.8 Å². The zero-order chi connectivity index (χ0) is 10.6. The quantitative estimate of drug-likeness (QED) is 0.662. The van der Waals surface area contributed by atoms with E-state index in [4.69, 9.17) is 0 Å². The minimum absolute atomic E-state index is 0.659. The summed E-state index contributed by atoms with van der Waals surface area (Å²) in [7, 11) is 2.27. The molecule has 82 valence electrons. The average molecular weight is 195 g/mol. The topological polar surface area (TPSA) is 3.24 Å². The predicted octanol–water partition coefficient (Wildman–Crippen LogP) is 3.81. The predicted molar refractivity (Wildman–Crippen MR) is 63.2 cm³/mol. The van der Waals surface area contributed by atoms with Gasteiger partial charge in [0, 0.05) is 18.8 Å². The van der Waals surface area contributed by atoms with Gasteiger partial charge in [-0.1, -0.05) is 39.2 Å². The fraction of sp³-hybridized carbons (Fsp3) is 0.846. The van der Waals surface area contributed by atoms with Crippen LogP contribution in [0, 0.1) is 5.92 Å². The first-order chi connectivity index (χ1) is 6.66. The molecule has 1 fully saturated rings. The highest BCUT2D eigenvalue weighted by molar-refractivity contribution is 5.03. The molecule has 0 saturated heterocycles. The molecule has 1 heteroatoms. The Morgan fingerprint density at radius 3 is 2.21 bits per heavy atom. The van der Waals surface area contributed by atoms with E-state index < -0.39 is 0 Å². The molecule has 0 aliphatic heterocycles. The molecule has 0 aromatic carbocycles. The van der Waals surface area contributed by atoms with Gasteiger partial charge in [-0.15, -0.1) is 0 Å². The Hall–Kier alpha value is -0.460. The average Bonchev–Trinajstić information content (AvgIpc) is 2.19. The Bertz CT molecular complexity index is 187. The number of hydrogen-bond donors (Lipinski definition) is 0. The van der Waals surface area contributed by atoms with E-state index in [-0.39, 0.29) is 0 Å². The van der Waals surface area contributed by atoms with E-state index in [1.54, 1.807) is 0 Å². The summed E-state index contributed by atoms with van der Waals surface area (Å²) in [6.07, 6.45) is 9.34. The highest BCUT2D eigenvalue weighted by Gasteiger charge is 2.20. The third-order valence-electron chi connectivity index (χ3n) is 3.42. The summed E-state index contributed by atoms with van der Waals surface area (Å²) in [6, 6.07) is 0.803. The van der Waals surface area contributed by atoms with Crippen LogP contribution in [-0.2, 0) is 0 Å². The molecule has 0 N–H and O–H groups in total. The summed E-state index contributed by atoms with van der Waals surface area (Å²) in [6.45, 7) is 6.73. The van der Waals surface area contributed by atoms with Crippen molar-refractivity contribution >= 4 is 0 Å². The molecule has 1 saturated carbocycles. The van der Waals surface area contributed by atoms with Crippen LogP contribution in [-0.4, -0.2) is 18.0 Å². The van der Waals surface area contributed by atoms with Gasteiger partial charge in [0.25, 0.3) is 0 Å². The Kier molecular flexibility index (Phi) is 4.50. The lowest BCUT2D eigenvalue weighted by molar-refractivity contribution is 0.220. The van der Waals surface area contributed by atoms with Crippen LogP contribution < -0.4 is 0 Å². The smallest absolute Gasteiger partial charge is 0.0283 e. The molecule has 0 radical (unpaired) electrons. The zero-order valence-corrected chi connectivity index (χ0v) is 10.2. The number of nitrogens with zero attached hydrogens (tertiary/aromatic N) is 1. The van der Waals surface area contributed by atoms with E-state index >= 15 is 0 Å². The molecule has 0 atom stereocenters. The van der Waals surface area contributed by atoms with Gasteiger partial charge in [-0.2, -0.15) is 0 Å². The Morgan fingerprint density at radius 1 is 1.21 bits per heavy atom. The van der Waals surface area contributed by atoms with Crippen molar-refractivity contribution in [3.8, 4) is 0 Å². The second kappa shape index (κ2) is 5.43. The van der Waals surface area contributed by atoms with E-state index in [1.165, 1.54) is 37.8 Å². The molecular weight excluding hydrogens is 170 g/mol. The van der Waals surface area contributed by atoms with Gasteiger partial charge in [0.1, 0.15) is 0 Å². The maximum absolute atomic E-state index is 2.52. The van der Waals surface area contributed by atoms with Crippen molar-refractivity contribution in [2.45, 2.75) is 58.9 Å². The molecule has 0 aromatic heterocycles. The molecule has 1 nitrogen and oxygen atoms in total. The van der Waals surface area contributed by atoms with Gasteiger partial charge in [0.2, 0.25) is 0 Å². The molecule has 1 aliphatic carbocycles. The van der Waals surface area contributed by atoms with Crippen LogP contribution in [0.15, 0.2) is 11.8 Å². The van der Waals surface area contributed by atoms with Crippen LogP contribution in [0.25, 0.3) is 0 Å². The van der Waals surface area contributed by atoms with E-state index in [1.807, 2.05) is 0 Å². The Balaban J connectivity index is 2.57. The minimum atomic E-state index is 0.659. The van der Waals surface area contributed by atoms with Crippen LogP contribution in [0.5, 0.6) is 0 Å². The highest BCUT2D eigenvalue weighted by atomic mass is 15.1. The molecule has 1 aliphatic rings. The van der Waals surface area contributed by atoms with Crippen LogP contribution in [0.2, 0.25) is 0 Å². The van der Waals surface area contributed by atoms with Crippen molar-refractivity contribution in [2.24, 2.45) is 5.92 Å². The normalized spacial score (nSPS) is 20.2. The van der Waals surface area contributed by atoms with E-state index in [0.29, 0.717) is 5.92 Å². The third kappa shape index (κ3) is 2.76. The van der Waals surface area contributed by atoms with E-state index in [0.717, 1.165) is 6.04 Å². The van der Waals surface area contributed by atoms with Crippen molar-refractivity contribution in [3.05, 3.63) is 11.8 Å². The number of allylic oxidation sites excluding steroid dienone is 2. The first-order valence-corrected chi connectivity index (χ1v) is 6.05. The summed E-state index contributed by atoms with van der Waals surface area (Å²) >= 11 is 0. The van der Waals surface area contributed by atoms with Gasteiger partial charge < -0.3 is 4.90 Å². The molecule has 0 heterocycles. The van der Waals surface area contributed by atoms with Crippen molar-refractivity contribution in [3.63, 3.8) is 0 Å². The van der Waals surface area contributed by atoms with Gasteiger partial charge in [0.05, 0.1) is 0 Å². The molecule has 14 heavy (non-hydrogen) atoms. The van der Waals surface area contributed by atoms with Crippen molar-refractivity contribution in [1.29, 1.82) is 0 Å². The van der Waals surface area contributed by atoms with Crippen LogP contribution in [0.3, 0.4) is 0 Å². The van der Waals surface area contributed by atoms with Crippen molar-refractivity contribution in [2.75, 3.05) is 7.05 Å². The SMILES string of the molecule is C/C=C(/C(C)C)N(C)C1CCCCC1. The maximum atomic E-state index is 2.52. The van der Waals surface area contributed by atoms with Gasteiger partial charge >= 0.3 is 0 Å². The molecule has 0 aromatic rings. The highest BCUT2D eigenvalue weighted by Crippen LogP contribution is 2.26. The first-order valence-electron chi connectivity index (χ1n) is 6.05. The third-order valence-corrected chi connectivity index (χ3v) is 3.42. The summed E-state index contributed by atoms with van der Waals surface area (Å²) in [5.41, 5.74) is 1.51.